The predicted molar refractivity (Wildman–Crippen MR) is 63.1 cm³/mol. The SMILES string of the molecule is NOCCc1cc(F)cc(OCC2CCC2)c1. The number of ether oxygens (including phenoxy) is 1. The van der Waals surface area contributed by atoms with Crippen molar-refractivity contribution in [2.45, 2.75) is 25.7 Å². The Hall–Kier alpha value is -1.13. The Labute approximate surface area is 101 Å². The Morgan fingerprint density at radius 3 is 2.76 bits per heavy atom. The molecule has 1 aromatic carbocycles. The van der Waals surface area contributed by atoms with Gasteiger partial charge in [-0.2, -0.15) is 0 Å². The minimum Gasteiger partial charge on any atom is -0.493 e. The van der Waals surface area contributed by atoms with E-state index in [0.717, 1.165) is 5.56 Å². The average molecular weight is 239 g/mol. The fraction of sp³-hybridized carbons (Fsp3) is 0.538. The molecule has 4 heteroatoms. The van der Waals surface area contributed by atoms with E-state index in [1.807, 2.05) is 6.07 Å². The van der Waals surface area contributed by atoms with Crippen LogP contribution in [0.2, 0.25) is 0 Å². The van der Waals surface area contributed by atoms with Crippen molar-refractivity contribution in [1.82, 2.24) is 0 Å². The van der Waals surface area contributed by atoms with Crippen molar-refractivity contribution in [2.24, 2.45) is 11.8 Å². The summed E-state index contributed by atoms with van der Waals surface area (Å²) in [4.78, 5) is 4.49. The molecule has 1 saturated carbocycles. The lowest BCUT2D eigenvalue weighted by molar-refractivity contribution is 0.141. The zero-order valence-electron chi connectivity index (χ0n) is 9.82. The number of halogens is 1. The number of hydrogen-bond donors (Lipinski definition) is 1. The zero-order valence-corrected chi connectivity index (χ0v) is 9.82. The molecule has 3 nitrogen and oxygen atoms in total. The molecule has 1 fully saturated rings. The van der Waals surface area contributed by atoms with Gasteiger partial charge in [-0.1, -0.05) is 6.42 Å². The normalized spacial score (nSPS) is 15.6. The second-order valence-electron chi connectivity index (χ2n) is 4.52. The lowest BCUT2D eigenvalue weighted by Gasteiger charge is -2.25. The molecule has 1 aliphatic carbocycles. The molecule has 0 heterocycles. The van der Waals surface area contributed by atoms with Gasteiger partial charge >= 0.3 is 0 Å². The summed E-state index contributed by atoms with van der Waals surface area (Å²) in [6, 6.07) is 4.75. The largest absolute Gasteiger partial charge is 0.493 e. The van der Waals surface area contributed by atoms with Crippen LogP contribution in [0.3, 0.4) is 0 Å². The number of benzene rings is 1. The number of nitrogens with two attached hydrogens (primary N) is 1. The first-order valence-electron chi connectivity index (χ1n) is 6.02. The van der Waals surface area contributed by atoms with Crippen LogP contribution in [-0.2, 0) is 11.3 Å². The van der Waals surface area contributed by atoms with Crippen molar-refractivity contribution in [3.8, 4) is 5.75 Å². The molecule has 0 spiro atoms. The molecule has 0 aliphatic heterocycles. The second-order valence-corrected chi connectivity index (χ2v) is 4.52. The van der Waals surface area contributed by atoms with Crippen molar-refractivity contribution >= 4 is 0 Å². The van der Waals surface area contributed by atoms with Crippen molar-refractivity contribution in [1.29, 1.82) is 0 Å². The van der Waals surface area contributed by atoms with E-state index in [9.17, 15) is 4.39 Å². The Kier molecular flexibility index (Phi) is 4.34. The quantitative estimate of drug-likeness (QED) is 0.775. The lowest BCUT2D eigenvalue weighted by Crippen LogP contribution is -2.19. The molecule has 17 heavy (non-hydrogen) atoms. The molecule has 0 atom stereocenters. The molecule has 0 saturated heterocycles. The van der Waals surface area contributed by atoms with Crippen LogP contribution < -0.4 is 10.6 Å². The minimum absolute atomic E-state index is 0.275. The third kappa shape index (κ3) is 3.68. The highest BCUT2D eigenvalue weighted by atomic mass is 19.1. The zero-order chi connectivity index (χ0) is 12.1. The molecule has 2 N–H and O–H groups in total. The van der Waals surface area contributed by atoms with E-state index in [4.69, 9.17) is 10.6 Å². The number of rotatable bonds is 6. The summed E-state index contributed by atoms with van der Waals surface area (Å²) in [6.07, 6.45) is 4.33. The van der Waals surface area contributed by atoms with E-state index in [2.05, 4.69) is 4.84 Å². The van der Waals surface area contributed by atoms with Crippen molar-refractivity contribution < 1.29 is 14.0 Å². The van der Waals surface area contributed by atoms with Gasteiger partial charge in [0.1, 0.15) is 11.6 Å². The fourth-order valence-electron chi connectivity index (χ4n) is 1.90. The summed E-state index contributed by atoms with van der Waals surface area (Å²) in [5.41, 5.74) is 0.846. The maximum absolute atomic E-state index is 13.3. The Morgan fingerprint density at radius 1 is 1.29 bits per heavy atom. The van der Waals surface area contributed by atoms with E-state index in [0.29, 0.717) is 31.3 Å². The Morgan fingerprint density at radius 2 is 2.12 bits per heavy atom. The van der Waals surface area contributed by atoms with Gasteiger partial charge in [-0.3, -0.25) is 0 Å². The highest BCUT2D eigenvalue weighted by Gasteiger charge is 2.18. The highest BCUT2D eigenvalue weighted by molar-refractivity contribution is 5.29. The predicted octanol–water partition coefficient (Wildman–Crippen LogP) is 2.44. The lowest BCUT2D eigenvalue weighted by atomic mass is 9.86. The maximum Gasteiger partial charge on any atom is 0.127 e. The molecule has 0 unspecified atom stereocenters. The first kappa shape index (κ1) is 12.3. The van der Waals surface area contributed by atoms with Gasteiger partial charge in [0, 0.05) is 6.07 Å². The van der Waals surface area contributed by atoms with Crippen LogP contribution in [0.1, 0.15) is 24.8 Å². The van der Waals surface area contributed by atoms with Gasteiger partial charge in [-0.05, 0) is 42.9 Å². The van der Waals surface area contributed by atoms with Gasteiger partial charge in [0.05, 0.1) is 13.2 Å². The van der Waals surface area contributed by atoms with Gasteiger partial charge in [0.15, 0.2) is 0 Å². The maximum atomic E-state index is 13.3. The highest BCUT2D eigenvalue weighted by Crippen LogP contribution is 2.27. The van der Waals surface area contributed by atoms with Crippen molar-refractivity contribution in [2.75, 3.05) is 13.2 Å². The molecular formula is C13H18FNO2. The second kappa shape index (κ2) is 5.98. The third-order valence-corrected chi connectivity index (χ3v) is 3.15. The third-order valence-electron chi connectivity index (χ3n) is 3.15. The van der Waals surface area contributed by atoms with Gasteiger partial charge in [-0.15, -0.1) is 0 Å². The van der Waals surface area contributed by atoms with Gasteiger partial charge in [-0.25, -0.2) is 10.3 Å². The van der Waals surface area contributed by atoms with E-state index < -0.39 is 0 Å². The Bertz CT molecular complexity index is 366. The van der Waals surface area contributed by atoms with Crippen LogP contribution in [0, 0.1) is 11.7 Å². The standard InChI is InChI=1S/C13H18FNO2/c14-12-6-11(4-5-17-15)7-13(8-12)16-9-10-2-1-3-10/h6-8,10H,1-5,9,15H2. The monoisotopic (exact) mass is 239 g/mol. The molecular weight excluding hydrogens is 221 g/mol. The molecule has 0 amide bonds. The first-order valence-corrected chi connectivity index (χ1v) is 6.02. The molecule has 0 aromatic heterocycles. The van der Waals surface area contributed by atoms with Gasteiger partial charge < -0.3 is 9.57 Å². The topological polar surface area (TPSA) is 44.5 Å². The minimum atomic E-state index is -0.275. The average Bonchev–Trinajstić information content (AvgIpc) is 2.23. The van der Waals surface area contributed by atoms with Crippen LogP contribution in [0.5, 0.6) is 5.75 Å². The summed E-state index contributed by atoms with van der Waals surface area (Å²) in [7, 11) is 0. The summed E-state index contributed by atoms with van der Waals surface area (Å²) in [5, 5.41) is 0. The number of hydrogen-bond acceptors (Lipinski definition) is 3. The van der Waals surface area contributed by atoms with E-state index >= 15 is 0 Å². The first-order chi connectivity index (χ1) is 8.28. The van der Waals surface area contributed by atoms with Gasteiger partial charge in [0.2, 0.25) is 0 Å². The molecule has 1 aromatic rings. The van der Waals surface area contributed by atoms with Crippen molar-refractivity contribution in [3.63, 3.8) is 0 Å². The Balaban J connectivity index is 1.92. The van der Waals surface area contributed by atoms with Crippen LogP contribution in [0.4, 0.5) is 4.39 Å². The van der Waals surface area contributed by atoms with E-state index in [1.165, 1.54) is 31.4 Å². The van der Waals surface area contributed by atoms with Crippen molar-refractivity contribution in [3.05, 3.63) is 29.6 Å². The molecule has 0 bridgehead atoms. The summed E-state index contributed by atoms with van der Waals surface area (Å²) < 4.78 is 18.9. The molecule has 94 valence electrons. The smallest absolute Gasteiger partial charge is 0.127 e. The molecule has 2 rings (SSSR count). The van der Waals surface area contributed by atoms with Crippen LogP contribution in [0.15, 0.2) is 18.2 Å². The van der Waals surface area contributed by atoms with Crippen LogP contribution >= 0.6 is 0 Å². The summed E-state index contributed by atoms with van der Waals surface area (Å²) in [6.45, 7) is 1.07. The summed E-state index contributed by atoms with van der Waals surface area (Å²) >= 11 is 0. The van der Waals surface area contributed by atoms with Crippen LogP contribution in [0.25, 0.3) is 0 Å². The summed E-state index contributed by atoms with van der Waals surface area (Å²) in [5.74, 6) is 5.92. The van der Waals surface area contributed by atoms with E-state index in [1.54, 1.807) is 0 Å². The van der Waals surface area contributed by atoms with Gasteiger partial charge in [0.25, 0.3) is 0 Å². The fourth-order valence-corrected chi connectivity index (χ4v) is 1.90. The van der Waals surface area contributed by atoms with Crippen LogP contribution in [-0.4, -0.2) is 13.2 Å². The molecule has 1 aliphatic rings. The van der Waals surface area contributed by atoms with E-state index in [-0.39, 0.29) is 5.82 Å². The molecule has 0 radical (unpaired) electrons.